The standard InChI is InChI=1S/C25H25ClFN5O/c1-25(2,33)24-30-11-16(12-31-24)15-8-9-21-18(10-15)23(19(26)13-29-21)32-22(14-28-3)17-6-4-5-7-20(17)27/h4-13,22,28,33H,14H2,1-3H3,(H,29,32). The third kappa shape index (κ3) is 4.95. The molecule has 170 valence electrons. The molecule has 0 spiro atoms. The average molecular weight is 466 g/mol. The number of aliphatic hydroxyl groups is 1. The number of hydrogen-bond acceptors (Lipinski definition) is 6. The van der Waals surface area contributed by atoms with Crippen molar-refractivity contribution in [1.82, 2.24) is 20.3 Å². The van der Waals surface area contributed by atoms with E-state index in [-0.39, 0.29) is 11.9 Å². The summed E-state index contributed by atoms with van der Waals surface area (Å²) >= 11 is 6.55. The Kier molecular flexibility index (Phi) is 6.56. The lowest BCUT2D eigenvalue weighted by atomic mass is 10.0. The molecule has 2 heterocycles. The van der Waals surface area contributed by atoms with Gasteiger partial charge in [0, 0.05) is 41.6 Å². The maximum absolute atomic E-state index is 14.5. The second-order valence-corrected chi connectivity index (χ2v) is 8.75. The molecule has 8 heteroatoms. The number of pyridine rings is 1. The van der Waals surface area contributed by atoms with Crippen LogP contribution in [0.1, 0.15) is 31.3 Å². The minimum absolute atomic E-state index is 0.288. The molecule has 2 aromatic carbocycles. The molecule has 33 heavy (non-hydrogen) atoms. The molecule has 0 aliphatic heterocycles. The van der Waals surface area contributed by atoms with E-state index in [4.69, 9.17) is 11.6 Å². The molecular formula is C25H25ClFN5O. The van der Waals surface area contributed by atoms with Gasteiger partial charge in [-0.05, 0) is 44.7 Å². The molecule has 0 saturated heterocycles. The fourth-order valence-electron chi connectivity index (χ4n) is 3.66. The summed E-state index contributed by atoms with van der Waals surface area (Å²) in [6.07, 6.45) is 4.94. The number of anilines is 1. The predicted molar refractivity (Wildman–Crippen MR) is 130 cm³/mol. The zero-order chi connectivity index (χ0) is 23.6. The molecule has 0 fully saturated rings. The minimum atomic E-state index is -1.12. The van der Waals surface area contributed by atoms with Crippen molar-refractivity contribution in [2.75, 3.05) is 18.9 Å². The molecule has 0 radical (unpaired) electrons. The third-order valence-electron chi connectivity index (χ3n) is 5.36. The lowest BCUT2D eigenvalue weighted by Gasteiger charge is -2.22. The Labute approximate surface area is 196 Å². The van der Waals surface area contributed by atoms with E-state index in [0.29, 0.717) is 28.6 Å². The van der Waals surface area contributed by atoms with E-state index in [1.165, 1.54) is 6.07 Å². The fourth-order valence-corrected chi connectivity index (χ4v) is 3.87. The zero-order valence-corrected chi connectivity index (χ0v) is 19.4. The molecule has 0 aliphatic carbocycles. The van der Waals surface area contributed by atoms with Crippen LogP contribution in [0.25, 0.3) is 22.0 Å². The number of likely N-dealkylation sites (N-methyl/N-ethyl adjacent to an activating group) is 1. The van der Waals surface area contributed by atoms with Gasteiger partial charge in [0.05, 0.1) is 22.3 Å². The number of rotatable bonds is 7. The van der Waals surface area contributed by atoms with E-state index >= 15 is 0 Å². The summed E-state index contributed by atoms with van der Waals surface area (Å²) in [6, 6.07) is 12.1. The highest BCUT2D eigenvalue weighted by atomic mass is 35.5. The van der Waals surface area contributed by atoms with E-state index in [9.17, 15) is 9.50 Å². The molecule has 1 atom stereocenters. The van der Waals surface area contributed by atoms with Gasteiger partial charge in [0.15, 0.2) is 5.82 Å². The van der Waals surface area contributed by atoms with E-state index in [1.807, 2.05) is 31.3 Å². The van der Waals surface area contributed by atoms with Crippen molar-refractivity contribution in [2.24, 2.45) is 0 Å². The van der Waals surface area contributed by atoms with Crippen molar-refractivity contribution >= 4 is 28.2 Å². The predicted octanol–water partition coefficient (Wildman–Crippen LogP) is 5.08. The molecule has 6 nitrogen and oxygen atoms in total. The highest BCUT2D eigenvalue weighted by molar-refractivity contribution is 6.34. The Morgan fingerprint density at radius 2 is 1.76 bits per heavy atom. The highest BCUT2D eigenvalue weighted by Crippen LogP contribution is 2.35. The second kappa shape index (κ2) is 9.39. The van der Waals surface area contributed by atoms with Gasteiger partial charge in [-0.15, -0.1) is 0 Å². The summed E-state index contributed by atoms with van der Waals surface area (Å²) in [5, 5.41) is 17.9. The van der Waals surface area contributed by atoms with Gasteiger partial charge >= 0.3 is 0 Å². The van der Waals surface area contributed by atoms with Crippen LogP contribution in [0.2, 0.25) is 5.02 Å². The Morgan fingerprint density at radius 3 is 2.42 bits per heavy atom. The summed E-state index contributed by atoms with van der Waals surface area (Å²) in [5.74, 6) is 0.0587. The Bertz CT molecular complexity index is 1270. The highest BCUT2D eigenvalue weighted by Gasteiger charge is 2.20. The van der Waals surface area contributed by atoms with Gasteiger partial charge in [-0.1, -0.05) is 35.9 Å². The largest absolute Gasteiger partial charge is 0.382 e. The zero-order valence-electron chi connectivity index (χ0n) is 18.6. The van der Waals surface area contributed by atoms with E-state index in [0.717, 1.165) is 22.0 Å². The van der Waals surface area contributed by atoms with Crippen LogP contribution in [-0.4, -0.2) is 33.7 Å². The lowest BCUT2D eigenvalue weighted by molar-refractivity contribution is 0.0687. The number of nitrogens with zero attached hydrogens (tertiary/aromatic N) is 3. The number of fused-ring (bicyclic) bond motifs is 1. The first kappa shape index (κ1) is 23.0. The molecule has 0 aliphatic rings. The van der Waals surface area contributed by atoms with Gasteiger partial charge in [-0.2, -0.15) is 0 Å². The van der Waals surface area contributed by atoms with Crippen LogP contribution >= 0.6 is 11.6 Å². The minimum Gasteiger partial charge on any atom is -0.382 e. The van der Waals surface area contributed by atoms with E-state index in [1.54, 1.807) is 44.6 Å². The summed E-state index contributed by atoms with van der Waals surface area (Å²) in [5.41, 5.74) is 2.49. The lowest BCUT2D eigenvalue weighted by Crippen LogP contribution is -2.24. The Hall–Kier alpha value is -3.13. The van der Waals surface area contributed by atoms with Gasteiger partial charge < -0.3 is 15.7 Å². The summed E-state index contributed by atoms with van der Waals surface area (Å²) in [6.45, 7) is 3.77. The van der Waals surface area contributed by atoms with Crippen molar-refractivity contribution in [3.8, 4) is 11.1 Å². The van der Waals surface area contributed by atoms with Crippen molar-refractivity contribution in [3.63, 3.8) is 0 Å². The molecular weight excluding hydrogens is 441 g/mol. The molecule has 3 N–H and O–H groups in total. The fraction of sp³-hybridized carbons (Fsp3) is 0.240. The first-order valence-electron chi connectivity index (χ1n) is 10.6. The number of halogens is 2. The van der Waals surface area contributed by atoms with Crippen LogP contribution in [0.5, 0.6) is 0 Å². The Morgan fingerprint density at radius 1 is 1.03 bits per heavy atom. The molecule has 0 amide bonds. The Balaban J connectivity index is 1.77. The van der Waals surface area contributed by atoms with E-state index in [2.05, 4.69) is 25.6 Å². The van der Waals surface area contributed by atoms with Crippen LogP contribution in [0.3, 0.4) is 0 Å². The van der Waals surface area contributed by atoms with Gasteiger partial charge in [-0.25, -0.2) is 14.4 Å². The molecule has 4 rings (SSSR count). The summed E-state index contributed by atoms with van der Waals surface area (Å²) in [7, 11) is 1.82. The summed E-state index contributed by atoms with van der Waals surface area (Å²) < 4.78 is 14.5. The normalized spacial score (nSPS) is 12.7. The van der Waals surface area contributed by atoms with E-state index < -0.39 is 5.60 Å². The average Bonchev–Trinajstić information content (AvgIpc) is 2.80. The SMILES string of the molecule is CNCC(Nc1c(Cl)cnc2ccc(-c3cnc(C(C)(C)O)nc3)cc12)c1ccccc1F. The van der Waals surface area contributed by atoms with Crippen LogP contribution in [-0.2, 0) is 5.60 Å². The maximum Gasteiger partial charge on any atom is 0.159 e. The van der Waals surface area contributed by atoms with Gasteiger partial charge in [-0.3, -0.25) is 4.98 Å². The number of aromatic nitrogens is 3. The number of nitrogens with one attached hydrogen (secondary N) is 2. The van der Waals surface area contributed by atoms with Crippen LogP contribution < -0.4 is 10.6 Å². The monoisotopic (exact) mass is 465 g/mol. The second-order valence-electron chi connectivity index (χ2n) is 8.34. The summed E-state index contributed by atoms with van der Waals surface area (Å²) in [4.78, 5) is 13.0. The molecule has 2 aromatic heterocycles. The van der Waals surface area contributed by atoms with Crippen molar-refractivity contribution < 1.29 is 9.50 Å². The molecule has 1 unspecified atom stereocenters. The van der Waals surface area contributed by atoms with Crippen molar-refractivity contribution in [1.29, 1.82) is 0 Å². The van der Waals surface area contributed by atoms with Gasteiger partial charge in [0.25, 0.3) is 0 Å². The van der Waals surface area contributed by atoms with Crippen LogP contribution in [0.15, 0.2) is 61.1 Å². The molecule has 0 bridgehead atoms. The topological polar surface area (TPSA) is 83.0 Å². The smallest absolute Gasteiger partial charge is 0.159 e. The van der Waals surface area contributed by atoms with Crippen molar-refractivity contribution in [2.45, 2.75) is 25.5 Å². The number of hydrogen-bond donors (Lipinski definition) is 3. The van der Waals surface area contributed by atoms with Gasteiger partial charge in [0.2, 0.25) is 0 Å². The van der Waals surface area contributed by atoms with Crippen LogP contribution in [0.4, 0.5) is 10.1 Å². The third-order valence-corrected chi connectivity index (χ3v) is 5.65. The number of benzene rings is 2. The van der Waals surface area contributed by atoms with Crippen LogP contribution in [0, 0.1) is 5.82 Å². The molecule has 0 saturated carbocycles. The quantitative estimate of drug-likeness (QED) is 0.353. The first-order valence-corrected chi connectivity index (χ1v) is 10.9. The first-order chi connectivity index (χ1) is 15.8. The maximum atomic E-state index is 14.5. The molecule has 4 aromatic rings. The van der Waals surface area contributed by atoms with Crippen molar-refractivity contribution in [3.05, 3.63) is 83.3 Å². The van der Waals surface area contributed by atoms with Gasteiger partial charge in [0.1, 0.15) is 11.4 Å².